The van der Waals surface area contributed by atoms with Gasteiger partial charge in [-0.1, -0.05) is 57.0 Å². The molecule has 0 fully saturated rings. The zero-order chi connectivity index (χ0) is 12.5. The minimum Gasteiger partial charge on any atom is -0.462 e. The van der Waals surface area contributed by atoms with E-state index in [1.54, 1.807) is 12.1 Å². The summed E-state index contributed by atoms with van der Waals surface area (Å²) in [6, 6.07) is 7.35. The summed E-state index contributed by atoms with van der Waals surface area (Å²) in [5.74, 6) is -0.253. The molecular formula is C15H20O2. The number of unbranched alkanes of at least 4 members (excludes halogenated alkanes) is 3. The molecule has 1 aromatic rings. The van der Waals surface area contributed by atoms with Crippen molar-refractivity contribution in [1.29, 1.82) is 0 Å². The van der Waals surface area contributed by atoms with Gasteiger partial charge in [-0.25, -0.2) is 4.79 Å². The summed E-state index contributed by atoms with van der Waals surface area (Å²) in [5.41, 5.74) is 1.42. The number of ether oxygens (including phenoxy) is 1. The van der Waals surface area contributed by atoms with Crippen LogP contribution in [0.15, 0.2) is 30.8 Å². The second kappa shape index (κ2) is 7.66. The Morgan fingerprint density at radius 1 is 1.29 bits per heavy atom. The zero-order valence-electron chi connectivity index (χ0n) is 10.4. The first-order chi connectivity index (χ1) is 8.29. The molecule has 0 aliphatic carbocycles. The Morgan fingerprint density at radius 2 is 2.06 bits per heavy atom. The summed E-state index contributed by atoms with van der Waals surface area (Å²) >= 11 is 0. The topological polar surface area (TPSA) is 26.3 Å². The summed E-state index contributed by atoms with van der Waals surface area (Å²) < 4.78 is 5.23. The quantitative estimate of drug-likeness (QED) is 0.523. The Bertz CT molecular complexity index is 369. The Morgan fingerprint density at radius 3 is 2.76 bits per heavy atom. The van der Waals surface area contributed by atoms with Crippen LogP contribution < -0.4 is 0 Å². The van der Waals surface area contributed by atoms with Crippen molar-refractivity contribution in [3.05, 3.63) is 42.0 Å². The first-order valence-electron chi connectivity index (χ1n) is 6.18. The molecule has 0 saturated heterocycles. The molecule has 0 aliphatic rings. The molecule has 0 heterocycles. The van der Waals surface area contributed by atoms with E-state index >= 15 is 0 Å². The van der Waals surface area contributed by atoms with Crippen LogP contribution >= 0.6 is 0 Å². The van der Waals surface area contributed by atoms with Crippen molar-refractivity contribution in [3.8, 4) is 0 Å². The van der Waals surface area contributed by atoms with Crippen molar-refractivity contribution in [2.45, 2.75) is 32.6 Å². The van der Waals surface area contributed by atoms with Gasteiger partial charge in [0.1, 0.15) is 0 Å². The number of hydrogen-bond acceptors (Lipinski definition) is 2. The van der Waals surface area contributed by atoms with Gasteiger partial charge in [-0.2, -0.15) is 0 Å². The number of benzene rings is 1. The van der Waals surface area contributed by atoms with Gasteiger partial charge in [0.15, 0.2) is 0 Å². The lowest BCUT2D eigenvalue weighted by Crippen LogP contribution is -2.08. The van der Waals surface area contributed by atoms with E-state index in [4.69, 9.17) is 4.74 Å². The first kappa shape index (κ1) is 13.5. The van der Waals surface area contributed by atoms with Gasteiger partial charge in [-0.15, -0.1) is 0 Å². The van der Waals surface area contributed by atoms with Crippen LogP contribution in [0.3, 0.4) is 0 Å². The molecule has 1 aromatic carbocycles. The molecule has 0 aromatic heterocycles. The summed E-state index contributed by atoms with van der Waals surface area (Å²) in [6.07, 6.45) is 6.12. The predicted octanol–water partition coefficient (Wildman–Crippen LogP) is 4.07. The maximum absolute atomic E-state index is 11.8. The number of esters is 1. The van der Waals surface area contributed by atoms with Gasteiger partial charge in [0.2, 0.25) is 0 Å². The molecule has 0 atom stereocenters. The molecule has 0 bridgehead atoms. The molecule has 0 amide bonds. The standard InChI is InChI=1S/C15H20O2/c1-3-5-6-9-12-17-15(16)14-11-8-7-10-13(14)4-2/h4,7-8,10-11H,2-3,5-6,9,12H2,1H3. The molecule has 2 heteroatoms. The van der Waals surface area contributed by atoms with E-state index in [0.29, 0.717) is 12.2 Å². The smallest absolute Gasteiger partial charge is 0.338 e. The maximum atomic E-state index is 11.8. The molecule has 0 spiro atoms. The second-order valence-corrected chi connectivity index (χ2v) is 3.99. The van der Waals surface area contributed by atoms with Crippen LogP contribution in [-0.2, 0) is 4.74 Å². The molecular weight excluding hydrogens is 212 g/mol. The molecule has 0 saturated carbocycles. The van der Waals surface area contributed by atoms with E-state index in [2.05, 4.69) is 13.5 Å². The highest BCUT2D eigenvalue weighted by molar-refractivity contribution is 5.93. The van der Waals surface area contributed by atoms with Crippen molar-refractivity contribution in [3.63, 3.8) is 0 Å². The number of carbonyl (C=O) groups is 1. The van der Waals surface area contributed by atoms with Gasteiger partial charge < -0.3 is 4.74 Å². The van der Waals surface area contributed by atoms with Crippen molar-refractivity contribution in [2.24, 2.45) is 0 Å². The molecule has 92 valence electrons. The van der Waals surface area contributed by atoms with Gasteiger partial charge in [-0.3, -0.25) is 0 Å². The van der Waals surface area contributed by atoms with Gasteiger partial charge in [0.25, 0.3) is 0 Å². The van der Waals surface area contributed by atoms with E-state index < -0.39 is 0 Å². The third-order valence-electron chi connectivity index (χ3n) is 2.63. The minimum atomic E-state index is -0.253. The van der Waals surface area contributed by atoms with Gasteiger partial charge in [0, 0.05) is 0 Å². The highest BCUT2D eigenvalue weighted by Gasteiger charge is 2.09. The maximum Gasteiger partial charge on any atom is 0.338 e. The lowest BCUT2D eigenvalue weighted by molar-refractivity contribution is 0.0497. The first-order valence-corrected chi connectivity index (χ1v) is 6.18. The van der Waals surface area contributed by atoms with E-state index in [9.17, 15) is 4.79 Å². The average molecular weight is 232 g/mol. The molecule has 0 radical (unpaired) electrons. The third kappa shape index (κ3) is 4.43. The van der Waals surface area contributed by atoms with Crippen LogP contribution in [-0.4, -0.2) is 12.6 Å². The third-order valence-corrected chi connectivity index (χ3v) is 2.63. The van der Waals surface area contributed by atoms with Crippen molar-refractivity contribution >= 4 is 12.0 Å². The summed E-state index contributed by atoms with van der Waals surface area (Å²) in [5, 5.41) is 0. The lowest BCUT2D eigenvalue weighted by Gasteiger charge is -2.06. The van der Waals surface area contributed by atoms with Crippen LogP contribution in [0.1, 0.15) is 48.5 Å². The molecule has 0 unspecified atom stereocenters. The molecule has 0 N–H and O–H groups in total. The largest absolute Gasteiger partial charge is 0.462 e. The van der Waals surface area contributed by atoms with Crippen LogP contribution in [0.4, 0.5) is 0 Å². The van der Waals surface area contributed by atoms with E-state index in [1.165, 1.54) is 12.8 Å². The average Bonchev–Trinajstić information content (AvgIpc) is 2.38. The molecule has 17 heavy (non-hydrogen) atoms. The second-order valence-electron chi connectivity index (χ2n) is 3.99. The van der Waals surface area contributed by atoms with E-state index in [1.807, 2.05) is 18.2 Å². The number of carbonyl (C=O) groups excluding carboxylic acids is 1. The summed E-state index contributed by atoms with van der Waals surface area (Å²) in [7, 11) is 0. The summed E-state index contributed by atoms with van der Waals surface area (Å²) in [4.78, 5) is 11.8. The number of hydrogen-bond donors (Lipinski definition) is 0. The van der Waals surface area contributed by atoms with Gasteiger partial charge >= 0.3 is 5.97 Å². The van der Waals surface area contributed by atoms with Gasteiger partial charge in [0.05, 0.1) is 12.2 Å². The lowest BCUT2D eigenvalue weighted by atomic mass is 10.1. The predicted molar refractivity (Wildman–Crippen MR) is 71.0 cm³/mol. The zero-order valence-corrected chi connectivity index (χ0v) is 10.4. The molecule has 0 aliphatic heterocycles. The number of rotatable bonds is 7. The molecule has 1 rings (SSSR count). The normalized spacial score (nSPS) is 9.94. The van der Waals surface area contributed by atoms with Crippen LogP contribution in [0.25, 0.3) is 6.08 Å². The van der Waals surface area contributed by atoms with Crippen molar-refractivity contribution < 1.29 is 9.53 Å². The fraction of sp³-hybridized carbons (Fsp3) is 0.400. The monoisotopic (exact) mass is 232 g/mol. The Kier molecular flexibility index (Phi) is 6.08. The Labute approximate surface area is 103 Å². The summed E-state index contributed by atoms with van der Waals surface area (Å²) in [6.45, 7) is 6.35. The fourth-order valence-electron chi connectivity index (χ4n) is 1.63. The van der Waals surface area contributed by atoms with Crippen LogP contribution in [0, 0.1) is 0 Å². The fourth-order valence-corrected chi connectivity index (χ4v) is 1.63. The Balaban J connectivity index is 2.44. The highest BCUT2D eigenvalue weighted by Crippen LogP contribution is 2.11. The minimum absolute atomic E-state index is 0.253. The Hall–Kier alpha value is -1.57. The highest BCUT2D eigenvalue weighted by atomic mass is 16.5. The van der Waals surface area contributed by atoms with Crippen LogP contribution in [0.5, 0.6) is 0 Å². The molecule has 2 nitrogen and oxygen atoms in total. The van der Waals surface area contributed by atoms with Gasteiger partial charge in [-0.05, 0) is 18.1 Å². The van der Waals surface area contributed by atoms with E-state index in [0.717, 1.165) is 18.4 Å². The van der Waals surface area contributed by atoms with Crippen LogP contribution in [0.2, 0.25) is 0 Å². The SMILES string of the molecule is C=Cc1ccccc1C(=O)OCCCCCC. The van der Waals surface area contributed by atoms with E-state index in [-0.39, 0.29) is 5.97 Å². The van der Waals surface area contributed by atoms with Crippen molar-refractivity contribution in [1.82, 2.24) is 0 Å². The van der Waals surface area contributed by atoms with Crippen molar-refractivity contribution in [2.75, 3.05) is 6.61 Å².